The Morgan fingerprint density at radius 1 is 0.379 bits per heavy atom. The lowest BCUT2D eigenvalue weighted by Gasteiger charge is -2.28. The van der Waals surface area contributed by atoms with Crippen LogP contribution in [0.1, 0.15) is 143 Å². The molecule has 2 heteroatoms. The molecular formula is C27H57ClP+. The highest BCUT2D eigenvalue weighted by Gasteiger charge is 2.34. The van der Waals surface area contributed by atoms with Crippen molar-refractivity contribution in [2.24, 2.45) is 0 Å². The summed E-state index contributed by atoms with van der Waals surface area (Å²) in [5, 5.41) is 0. The van der Waals surface area contributed by atoms with Crippen LogP contribution in [0.2, 0.25) is 0 Å². The van der Waals surface area contributed by atoms with Crippen molar-refractivity contribution >= 4 is 18.9 Å². The van der Waals surface area contributed by atoms with Crippen molar-refractivity contribution in [1.29, 1.82) is 0 Å². The zero-order valence-electron chi connectivity index (χ0n) is 20.8. The van der Waals surface area contributed by atoms with Crippen molar-refractivity contribution in [1.82, 2.24) is 0 Å². The molecule has 29 heavy (non-hydrogen) atoms. The summed E-state index contributed by atoms with van der Waals surface area (Å²) in [5.41, 5.74) is 0. The molecular weight excluding hydrogens is 391 g/mol. The van der Waals surface area contributed by atoms with E-state index in [1.807, 2.05) is 0 Å². The molecule has 0 spiro atoms. The van der Waals surface area contributed by atoms with Crippen molar-refractivity contribution in [3.8, 4) is 0 Å². The lowest BCUT2D eigenvalue weighted by Crippen LogP contribution is -2.13. The maximum absolute atomic E-state index is 6.18. The van der Waals surface area contributed by atoms with E-state index in [0.29, 0.717) is 0 Å². The van der Waals surface area contributed by atoms with Crippen molar-refractivity contribution in [2.75, 3.05) is 30.5 Å². The number of hydrogen-bond donors (Lipinski definition) is 0. The molecule has 0 saturated heterocycles. The quantitative estimate of drug-likeness (QED) is 0.0783. The summed E-state index contributed by atoms with van der Waals surface area (Å²) < 4.78 is 0. The average molecular weight is 448 g/mol. The topological polar surface area (TPSA) is 0 Å². The molecule has 0 rings (SSSR count). The summed E-state index contributed by atoms with van der Waals surface area (Å²) >= 11 is 6.18. The van der Waals surface area contributed by atoms with Gasteiger partial charge in [0.05, 0.1) is 24.6 Å². The van der Waals surface area contributed by atoms with E-state index in [9.17, 15) is 0 Å². The summed E-state index contributed by atoms with van der Waals surface area (Å²) in [6, 6.07) is 0. The van der Waals surface area contributed by atoms with E-state index in [2.05, 4.69) is 20.8 Å². The highest BCUT2D eigenvalue weighted by Crippen LogP contribution is 2.61. The number of hydrogen-bond acceptors (Lipinski definition) is 0. The van der Waals surface area contributed by atoms with E-state index in [1.165, 1.54) is 128 Å². The Kier molecular flexibility index (Phi) is 24.0. The van der Waals surface area contributed by atoms with Crippen LogP contribution in [0.5, 0.6) is 0 Å². The van der Waals surface area contributed by atoms with E-state index in [4.69, 9.17) is 11.6 Å². The van der Waals surface area contributed by atoms with Gasteiger partial charge >= 0.3 is 0 Å². The van der Waals surface area contributed by atoms with Crippen LogP contribution in [0.25, 0.3) is 0 Å². The fourth-order valence-electron chi connectivity index (χ4n) is 4.75. The van der Waals surface area contributed by atoms with Gasteiger partial charge in [0, 0.05) is 13.1 Å². The standard InChI is InChI=1S/C27H57ClP/c1-4-7-10-13-16-19-24-29(27-22-23-28,25-20-17-14-11-8-5-2)26-21-18-15-12-9-6-3/h4-27H2,1-3H3/q+1. The molecule has 0 aromatic heterocycles. The Hall–Kier alpha value is 0.720. The summed E-state index contributed by atoms with van der Waals surface area (Å²) in [6.45, 7) is 6.97. The van der Waals surface area contributed by atoms with Crippen LogP contribution in [0.3, 0.4) is 0 Å². The van der Waals surface area contributed by atoms with Crippen LogP contribution in [0.4, 0.5) is 0 Å². The van der Waals surface area contributed by atoms with E-state index in [0.717, 1.165) is 5.88 Å². The van der Waals surface area contributed by atoms with Gasteiger partial charge in [-0.25, -0.2) is 0 Å². The Morgan fingerprint density at radius 3 is 0.966 bits per heavy atom. The molecule has 0 aliphatic heterocycles. The molecule has 0 aliphatic carbocycles. The number of unbranched alkanes of at least 4 members (excludes halogenated alkanes) is 15. The minimum Gasteiger partial charge on any atom is -0.127 e. The third-order valence-electron chi connectivity index (χ3n) is 6.72. The van der Waals surface area contributed by atoms with Gasteiger partial charge in [-0.1, -0.05) is 97.8 Å². The minimum atomic E-state index is -0.764. The van der Waals surface area contributed by atoms with Crippen LogP contribution in [-0.2, 0) is 0 Å². The average Bonchev–Trinajstić information content (AvgIpc) is 2.74. The largest absolute Gasteiger partial charge is 0.127 e. The van der Waals surface area contributed by atoms with Crippen molar-refractivity contribution in [3.05, 3.63) is 0 Å². The first-order chi connectivity index (χ1) is 14.2. The van der Waals surface area contributed by atoms with Gasteiger partial charge in [0.25, 0.3) is 0 Å². The zero-order chi connectivity index (χ0) is 21.5. The van der Waals surface area contributed by atoms with Crippen molar-refractivity contribution in [3.63, 3.8) is 0 Å². The molecule has 0 aliphatic rings. The maximum Gasteiger partial charge on any atom is 0.0605 e. The van der Waals surface area contributed by atoms with E-state index < -0.39 is 7.26 Å². The molecule has 0 fully saturated rings. The molecule has 176 valence electrons. The normalized spacial score (nSPS) is 12.0. The Labute approximate surface area is 192 Å². The molecule has 0 atom stereocenters. The van der Waals surface area contributed by atoms with E-state index in [1.54, 1.807) is 18.5 Å². The van der Waals surface area contributed by atoms with Gasteiger partial charge in [-0.15, -0.1) is 11.6 Å². The van der Waals surface area contributed by atoms with Gasteiger partial charge in [0.15, 0.2) is 0 Å². The predicted molar refractivity (Wildman–Crippen MR) is 142 cm³/mol. The van der Waals surface area contributed by atoms with Gasteiger partial charge < -0.3 is 0 Å². The van der Waals surface area contributed by atoms with Crippen molar-refractivity contribution in [2.45, 2.75) is 143 Å². The molecule has 0 N–H and O–H groups in total. The van der Waals surface area contributed by atoms with Gasteiger partial charge in [0.1, 0.15) is 0 Å². The van der Waals surface area contributed by atoms with Crippen LogP contribution >= 0.6 is 18.9 Å². The number of rotatable bonds is 24. The first-order valence-corrected chi connectivity index (χ1v) is 16.7. The maximum atomic E-state index is 6.18. The van der Waals surface area contributed by atoms with Crippen molar-refractivity contribution < 1.29 is 0 Å². The third kappa shape index (κ3) is 19.2. The molecule has 0 amide bonds. The Balaban J connectivity index is 4.52. The minimum absolute atomic E-state index is 0.764. The second kappa shape index (κ2) is 23.4. The van der Waals surface area contributed by atoms with E-state index in [-0.39, 0.29) is 0 Å². The predicted octanol–water partition coefficient (Wildman–Crippen LogP) is 10.7. The SMILES string of the molecule is CCCCCCCC[P+](CCCCl)(CCCCCCCC)CCCCCCCC. The summed E-state index contributed by atoms with van der Waals surface area (Å²) in [4.78, 5) is 0. The molecule has 0 radical (unpaired) electrons. The molecule has 0 aromatic rings. The van der Waals surface area contributed by atoms with Crippen LogP contribution in [-0.4, -0.2) is 30.5 Å². The highest BCUT2D eigenvalue weighted by molar-refractivity contribution is 7.75. The monoisotopic (exact) mass is 447 g/mol. The first-order valence-electron chi connectivity index (χ1n) is 13.7. The zero-order valence-corrected chi connectivity index (χ0v) is 22.4. The molecule has 0 heterocycles. The highest BCUT2D eigenvalue weighted by atomic mass is 35.5. The first kappa shape index (κ1) is 29.7. The fourth-order valence-corrected chi connectivity index (χ4v) is 9.92. The van der Waals surface area contributed by atoms with Gasteiger partial charge in [-0.3, -0.25) is 0 Å². The lowest BCUT2D eigenvalue weighted by molar-refractivity contribution is 0.615. The van der Waals surface area contributed by atoms with Crippen LogP contribution < -0.4 is 0 Å². The second-order valence-electron chi connectivity index (χ2n) is 9.58. The van der Waals surface area contributed by atoms with E-state index >= 15 is 0 Å². The molecule has 0 saturated carbocycles. The smallest absolute Gasteiger partial charge is 0.0605 e. The fraction of sp³-hybridized carbons (Fsp3) is 1.00. The van der Waals surface area contributed by atoms with Gasteiger partial charge in [-0.05, 0) is 44.9 Å². The Morgan fingerprint density at radius 2 is 0.655 bits per heavy atom. The molecule has 0 nitrogen and oxygen atoms in total. The number of halogens is 1. The third-order valence-corrected chi connectivity index (χ3v) is 12.1. The summed E-state index contributed by atoms with van der Waals surface area (Å²) in [6.07, 6.45) is 33.6. The second-order valence-corrected chi connectivity index (χ2v) is 14.4. The summed E-state index contributed by atoms with van der Waals surface area (Å²) in [5.74, 6) is 0.880. The molecule has 0 bridgehead atoms. The molecule has 0 unspecified atom stereocenters. The van der Waals surface area contributed by atoms with Gasteiger partial charge in [-0.2, -0.15) is 0 Å². The molecule has 0 aromatic carbocycles. The van der Waals surface area contributed by atoms with Crippen LogP contribution in [0.15, 0.2) is 0 Å². The Bertz CT molecular complexity index is 264. The van der Waals surface area contributed by atoms with Gasteiger partial charge in [0.2, 0.25) is 0 Å². The summed E-state index contributed by atoms with van der Waals surface area (Å²) in [7, 11) is -0.764. The lowest BCUT2D eigenvalue weighted by atomic mass is 10.1. The number of alkyl halides is 1. The van der Waals surface area contributed by atoms with Crippen LogP contribution in [0, 0.1) is 0 Å².